The van der Waals surface area contributed by atoms with Gasteiger partial charge in [-0.3, -0.25) is 0 Å². The lowest BCUT2D eigenvalue weighted by Gasteiger charge is -2.10. The second-order valence-corrected chi connectivity index (χ2v) is 5.36. The number of ether oxygens (including phenoxy) is 1. The van der Waals surface area contributed by atoms with Crippen LogP contribution in [0.5, 0.6) is 0 Å². The Hall–Kier alpha value is -0.510. The fraction of sp³-hybridized carbons (Fsp3) is 0.538. The van der Waals surface area contributed by atoms with Gasteiger partial charge in [-0.2, -0.15) is 0 Å². The zero-order chi connectivity index (χ0) is 11.4. The Morgan fingerprint density at radius 3 is 3.00 bits per heavy atom. The van der Waals surface area contributed by atoms with Gasteiger partial charge in [0.05, 0.1) is 18.8 Å². The van der Waals surface area contributed by atoms with Gasteiger partial charge in [0, 0.05) is 10.6 Å². The molecule has 1 aliphatic rings. The van der Waals surface area contributed by atoms with Crippen LogP contribution in [0.3, 0.4) is 0 Å². The summed E-state index contributed by atoms with van der Waals surface area (Å²) in [5.74, 6) is 1.01. The van der Waals surface area contributed by atoms with E-state index in [2.05, 4.69) is 13.0 Å². The fourth-order valence-corrected chi connectivity index (χ4v) is 2.96. The van der Waals surface area contributed by atoms with Crippen LogP contribution < -0.4 is 0 Å². The van der Waals surface area contributed by atoms with E-state index in [9.17, 15) is 0 Å². The molecule has 1 heterocycles. The van der Waals surface area contributed by atoms with E-state index in [1.165, 1.54) is 17.7 Å². The summed E-state index contributed by atoms with van der Waals surface area (Å²) < 4.78 is 5.77. The number of rotatable bonds is 4. The molecule has 0 aromatic heterocycles. The second kappa shape index (κ2) is 5.71. The Labute approximate surface area is 101 Å². The van der Waals surface area contributed by atoms with Gasteiger partial charge >= 0.3 is 0 Å². The molecule has 1 fully saturated rings. The zero-order valence-corrected chi connectivity index (χ0v) is 10.4. The maximum absolute atomic E-state index is 9.04. The summed E-state index contributed by atoms with van der Waals surface area (Å²) in [5, 5.41) is 9.04. The van der Waals surface area contributed by atoms with Gasteiger partial charge in [-0.05, 0) is 37.5 Å². The van der Waals surface area contributed by atoms with Crippen LogP contribution in [0, 0.1) is 0 Å². The van der Waals surface area contributed by atoms with E-state index in [1.807, 2.05) is 30.0 Å². The molecule has 1 N–H and O–H groups in total. The Kier molecular flexibility index (Phi) is 4.27. The predicted molar refractivity (Wildman–Crippen MR) is 66.7 cm³/mol. The SMILES string of the molecule is CC1CCC(CSc2cccc(CO)c2)O1. The average Bonchev–Trinajstić information content (AvgIpc) is 2.73. The van der Waals surface area contributed by atoms with Gasteiger partial charge in [-0.1, -0.05) is 12.1 Å². The van der Waals surface area contributed by atoms with Crippen LogP contribution in [0.1, 0.15) is 25.3 Å². The Morgan fingerprint density at radius 2 is 2.31 bits per heavy atom. The highest BCUT2D eigenvalue weighted by Gasteiger charge is 2.21. The van der Waals surface area contributed by atoms with Crippen molar-refractivity contribution in [3.63, 3.8) is 0 Å². The van der Waals surface area contributed by atoms with E-state index in [4.69, 9.17) is 9.84 Å². The van der Waals surface area contributed by atoms with Crippen LogP contribution in [-0.2, 0) is 11.3 Å². The van der Waals surface area contributed by atoms with Gasteiger partial charge in [0.15, 0.2) is 0 Å². The molecule has 1 saturated heterocycles. The van der Waals surface area contributed by atoms with E-state index in [-0.39, 0.29) is 6.61 Å². The molecule has 2 atom stereocenters. The van der Waals surface area contributed by atoms with E-state index >= 15 is 0 Å². The van der Waals surface area contributed by atoms with Crippen molar-refractivity contribution in [1.29, 1.82) is 0 Å². The standard InChI is InChI=1S/C13H18O2S/c1-10-5-6-12(15-10)9-16-13-4-2-3-11(7-13)8-14/h2-4,7,10,12,14H,5-6,8-9H2,1H3. The largest absolute Gasteiger partial charge is 0.392 e. The molecule has 2 rings (SSSR count). The molecule has 0 saturated carbocycles. The first-order chi connectivity index (χ1) is 7.78. The lowest BCUT2D eigenvalue weighted by atomic mass is 10.2. The minimum absolute atomic E-state index is 0.116. The monoisotopic (exact) mass is 238 g/mol. The maximum atomic E-state index is 9.04. The maximum Gasteiger partial charge on any atom is 0.0682 e. The van der Waals surface area contributed by atoms with Gasteiger partial charge in [0.2, 0.25) is 0 Å². The van der Waals surface area contributed by atoms with Crippen LogP contribution in [0.15, 0.2) is 29.2 Å². The summed E-state index contributed by atoms with van der Waals surface area (Å²) >= 11 is 1.81. The lowest BCUT2D eigenvalue weighted by Crippen LogP contribution is -2.10. The van der Waals surface area contributed by atoms with Crippen molar-refractivity contribution in [3.05, 3.63) is 29.8 Å². The highest BCUT2D eigenvalue weighted by Crippen LogP contribution is 2.26. The predicted octanol–water partition coefficient (Wildman–Crippen LogP) is 2.84. The van der Waals surface area contributed by atoms with E-state index in [1.54, 1.807) is 0 Å². The lowest BCUT2D eigenvalue weighted by molar-refractivity contribution is 0.0700. The second-order valence-electron chi connectivity index (χ2n) is 4.26. The summed E-state index contributed by atoms with van der Waals surface area (Å²) in [7, 11) is 0. The van der Waals surface area contributed by atoms with E-state index in [0.29, 0.717) is 12.2 Å². The first kappa shape index (κ1) is 12.0. The Morgan fingerprint density at radius 1 is 1.44 bits per heavy atom. The third-order valence-electron chi connectivity index (χ3n) is 2.84. The molecule has 2 nitrogen and oxygen atoms in total. The Balaban J connectivity index is 1.84. The zero-order valence-electron chi connectivity index (χ0n) is 9.56. The van der Waals surface area contributed by atoms with Crippen molar-refractivity contribution in [2.45, 2.75) is 43.5 Å². The fourth-order valence-electron chi connectivity index (χ4n) is 1.93. The summed E-state index contributed by atoms with van der Waals surface area (Å²) in [6, 6.07) is 8.06. The number of thioether (sulfide) groups is 1. The normalized spacial score (nSPS) is 24.9. The quantitative estimate of drug-likeness (QED) is 0.818. The first-order valence-electron chi connectivity index (χ1n) is 5.76. The molecule has 2 unspecified atom stereocenters. The van der Waals surface area contributed by atoms with E-state index < -0.39 is 0 Å². The van der Waals surface area contributed by atoms with Gasteiger partial charge in [-0.15, -0.1) is 11.8 Å². The highest BCUT2D eigenvalue weighted by molar-refractivity contribution is 7.99. The van der Waals surface area contributed by atoms with Gasteiger partial charge in [-0.25, -0.2) is 0 Å². The van der Waals surface area contributed by atoms with Crippen molar-refractivity contribution in [2.24, 2.45) is 0 Å². The van der Waals surface area contributed by atoms with Crippen molar-refractivity contribution in [2.75, 3.05) is 5.75 Å². The minimum atomic E-state index is 0.116. The van der Waals surface area contributed by atoms with Crippen molar-refractivity contribution < 1.29 is 9.84 Å². The van der Waals surface area contributed by atoms with Crippen molar-refractivity contribution >= 4 is 11.8 Å². The number of benzene rings is 1. The third-order valence-corrected chi connectivity index (χ3v) is 3.96. The molecular formula is C13H18O2S. The molecule has 0 radical (unpaired) electrons. The molecule has 88 valence electrons. The third kappa shape index (κ3) is 3.24. The summed E-state index contributed by atoms with van der Waals surface area (Å²) in [6.07, 6.45) is 3.18. The molecule has 0 aliphatic carbocycles. The highest BCUT2D eigenvalue weighted by atomic mass is 32.2. The molecular weight excluding hydrogens is 220 g/mol. The average molecular weight is 238 g/mol. The van der Waals surface area contributed by atoms with Crippen molar-refractivity contribution in [1.82, 2.24) is 0 Å². The summed E-state index contributed by atoms with van der Waals surface area (Å²) in [4.78, 5) is 1.22. The molecule has 16 heavy (non-hydrogen) atoms. The van der Waals surface area contributed by atoms with Gasteiger partial charge < -0.3 is 9.84 Å². The number of aliphatic hydroxyl groups excluding tert-OH is 1. The number of aliphatic hydroxyl groups is 1. The number of hydrogen-bond donors (Lipinski definition) is 1. The van der Waals surface area contributed by atoms with Gasteiger partial charge in [0.1, 0.15) is 0 Å². The molecule has 0 spiro atoms. The van der Waals surface area contributed by atoms with Crippen molar-refractivity contribution in [3.8, 4) is 0 Å². The molecule has 1 aromatic rings. The molecule has 3 heteroatoms. The van der Waals surface area contributed by atoms with Gasteiger partial charge in [0.25, 0.3) is 0 Å². The van der Waals surface area contributed by atoms with E-state index in [0.717, 1.165) is 11.3 Å². The molecule has 1 aromatic carbocycles. The van der Waals surface area contributed by atoms with Crippen LogP contribution in [0.25, 0.3) is 0 Å². The summed E-state index contributed by atoms with van der Waals surface area (Å²) in [6.45, 7) is 2.25. The Bertz CT molecular complexity index is 340. The number of hydrogen-bond acceptors (Lipinski definition) is 3. The van der Waals surface area contributed by atoms with Crippen LogP contribution in [0.4, 0.5) is 0 Å². The smallest absolute Gasteiger partial charge is 0.0682 e. The molecule has 0 bridgehead atoms. The molecule has 1 aliphatic heterocycles. The van der Waals surface area contributed by atoms with Crippen LogP contribution in [-0.4, -0.2) is 23.1 Å². The van der Waals surface area contributed by atoms with Crippen LogP contribution in [0.2, 0.25) is 0 Å². The molecule has 0 amide bonds. The minimum Gasteiger partial charge on any atom is -0.392 e. The topological polar surface area (TPSA) is 29.5 Å². The van der Waals surface area contributed by atoms with Crippen LogP contribution >= 0.6 is 11.8 Å². The first-order valence-corrected chi connectivity index (χ1v) is 6.74. The summed E-state index contributed by atoms with van der Waals surface area (Å²) in [5.41, 5.74) is 0.978.